The highest BCUT2D eigenvalue weighted by molar-refractivity contribution is 4.89. The third kappa shape index (κ3) is 3.46. The van der Waals surface area contributed by atoms with Crippen LogP contribution in [0.15, 0.2) is 0 Å². The minimum absolute atomic E-state index is 0.315. The second kappa shape index (κ2) is 4.84. The average Bonchev–Trinajstić information content (AvgIpc) is 1.99. The van der Waals surface area contributed by atoms with Gasteiger partial charge in [-0.15, -0.1) is 0 Å². The van der Waals surface area contributed by atoms with E-state index in [1.807, 2.05) is 13.8 Å². The molecular formula is C13H26O2. The van der Waals surface area contributed by atoms with Crippen molar-refractivity contribution < 1.29 is 9.47 Å². The summed E-state index contributed by atoms with van der Waals surface area (Å²) >= 11 is 0. The third-order valence-corrected chi connectivity index (χ3v) is 3.12. The molecular weight excluding hydrogens is 188 g/mol. The summed E-state index contributed by atoms with van der Waals surface area (Å²) in [6, 6.07) is 0. The van der Waals surface area contributed by atoms with Gasteiger partial charge in [0.15, 0.2) is 5.79 Å². The molecule has 0 radical (unpaired) electrons. The van der Waals surface area contributed by atoms with E-state index in [1.54, 1.807) is 0 Å². The van der Waals surface area contributed by atoms with Gasteiger partial charge in [0.1, 0.15) is 0 Å². The summed E-state index contributed by atoms with van der Waals surface area (Å²) in [5.41, 5.74) is 0.335. The fourth-order valence-corrected chi connectivity index (χ4v) is 3.21. The molecule has 90 valence electrons. The third-order valence-electron chi connectivity index (χ3n) is 3.12. The maximum absolute atomic E-state index is 5.89. The van der Waals surface area contributed by atoms with E-state index in [1.165, 1.54) is 6.42 Å². The normalized spacial score (nSPS) is 29.0. The zero-order valence-electron chi connectivity index (χ0n) is 10.9. The van der Waals surface area contributed by atoms with Gasteiger partial charge < -0.3 is 9.47 Å². The smallest absolute Gasteiger partial charge is 0.169 e. The first-order chi connectivity index (χ1) is 6.93. The highest BCUT2D eigenvalue weighted by Gasteiger charge is 2.44. The Balaban J connectivity index is 2.76. The van der Waals surface area contributed by atoms with Gasteiger partial charge in [0, 0.05) is 26.1 Å². The Kier molecular flexibility index (Phi) is 4.19. The Hall–Kier alpha value is -0.0800. The predicted octanol–water partition coefficient (Wildman–Crippen LogP) is 3.60. The number of hydrogen-bond donors (Lipinski definition) is 0. The van der Waals surface area contributed by atoms with Gasteiger partial charge in [-0.2, -0.15) is 0 Å². The topological polar surface area (TPSA) is 18.5 Å². The van der Waals surface area contributed by atoms with Crippen molar-refractivity contribution in [2.75, 3.05) is 13.2 Å². The summed E-state index contributed by atoms with van der Waals surface area (Å²) in [6.07, 6.45) is 3.33. The number of hydrogen-bond acceptors (Lipinski definition) is 2. The molecule has 1 atom stereocenters. The van der Waals surface area contributed by atoms with Crippen molar-refractivity contribution in [3.05, 3.63) is 0 Å². The van der Waals surface area contributed by atoms with Crippen molar-refractivity contribution in [3.8, 4) is 0 Å². The van der Waals surface area contributed by atoms with E-state index in [2.05, 4.69) is 20.8 Å². The van der Waals surface area contributed by atoms with Crippen molar-refractivity contribution in [2.45, 2.75) is 59.7 Å². The second-order valence-electron chi connectivity index (χ2n) is 5.63. The molecule has 15 heavy (non-hydrogen) atoms. The fraction of sp³-hybridized carbons (Fsp3) is 1.00. The van der Waals surface area contributed by atoms with E-state index in [0.29, 0.717) is 11.3 Å². The van der Waals surface area contributed by atoms with Gasteiger partial charge in [-0.25, -0.2) is 0 Å². The van der Waals surface area contributed by atoms with E-state index in [-0.39, 0.29) is 5.79 Å². The van der Waals surface area contributed by atoms with Gasteiger partial charge in [-0.3, -0.25) is 0 Å². The van der Waals surface area contributed by atoms with Crippen LogP contribution in [0.5, 0.6) is 0 Å². The van der Waals surface area contributed by atoms with E-state index < -0.39 is 0 Å². The highest BCUT2D eigenvalue weighted by Crippen LogP contribution is 2.46. The van der Waals surface area contributed by atoms with E-state index in [0.717, 1.165) is 26.1 Å². The lowest BCUT2D eigenvalue weighted by molar-refractivity contribution is -0.270. The minimum Gasteiger partial charge on any atom is -0.350 e. The first-order valence-electron chi connectivity index (χ1n) is 6.21. The SMILES string of the molecule is CCOC1(OCC)CC(C)CC(C)(C)C1. The predicted molar refractivity (Wildman–Crippen MR) is 62.8 cm³/mol. The summed E-state index contributed by atoms with van der Waals surface area (Å²) in [4.78, 5) is 0. The lowest BCUT2D eigenvalue weighted by Gasteiger charge is -2.46. The Morgan fingerprint density at radius 2 is 1.60 bits per heavy atom. The van der Waals surface area contributed by atoms with Gasteiger partial charge in [-0.05, 0) is 31.6 Å². The molecule has 1 fully saturated rings. The van der Waals surface area contributed by atoms with Crippen LogP contribution in [0.25, 0.3) is 0 Å². The number of ether oxygens (including phenoxy) is 2. The molecule has 1 aliphatic carbocycles. The molecule has 0 bridgehead atoms. The number of rotatable bonds is 4. The largest absolute Gasteiger partial charge is 0.350 e. The zero-order chi connectivity index (χ0) is 11.5. The van der Waals surface area contributed by atoms with Gasteiger partial charge in [0.05, 0.1) is 0 Å². The summed E-state index contributed by atoms with van der Waals surface area (Å²) in [6.45, 7) is 12.5. The lowest BCUT2D eigenvalue weighted by Crippen LogP contribution is -2.46. The van der Waals surface area contributed by atoms with Crippen molar-refractivity contribution in [1.82, 2.24) is 0 Å². The second-order valence-corrected chi connectivity index (χ2v) is 5.63. The minimum atomic E-state index is -0.315. The van der Waals surface area contributed by atoms with Crippen LogP contribution in [0, 0.1) is 11.3 Å². The van der Waals surface area contributed by atoms with Crippen molar-refractivity contribution in [1.29, 1.82) is 0 Å². The molecule has 0 heterocycles. The molecule has 1 saturated carbocycles. The van der Waals surface area contributed by atoms with E-state index in [4.69, 9.17) is 9.47 Å². The van der Waals surface area contributed by atoms with Gasteiger partial charge in [-0.1, -0.05) is 20.8 Å². The highest BCUT2D eigenvalue weighted by atomic mass is 16.7. The Morgan fingerprint density at radius 1 is 1.07 bits per heavy atom. The van der Waals surface area contributed by atoms with Crippen LogP contribution in [0.3, 0.4) is 0 Å². The first-order valence-corrected chi connectivity index (χ1v) is 6.21. The summed E-state index contributed by atoms with van der Waals surface area (Å²) in [5, 5.41) is 0. The molecule has 0 aromatic rings. The lowest BCUT2D eigenvalue weighted by atomic mass is 9.70. The molecule has 0 aromatic heterocycles. The van der Waals surface area contributed by atoms with Gasteiger partial charge >= 0.3 is 0 Å². The molecule has 0 aromatic carbocycles. The van der Waals surface area contributed by atoms with Crippen LogP contribution in [-0.4, -0.2) is 19.0 Å². The summed E-state index contributed by atoms with van der Waals surface area (Å²) in [5.74, 6) is 0.372. The quantitative estimate of drug-likeness (QED) is 0.666. The molecule has 0 spiro atoms. The van der Waals surface area contributed by atoms with Gasteiger partial charge in [0.2, 0.25) is 0 Å². The van der Waals surface area contributed by atoms with Crippen LogP contribution in [0.2, 0.25) is 0 Å². The van der Waals surface area contributed by atoms with Gasteiger partial charge in [0.25, 0.3) is 0 Å². The van der Waals surface area contributed by atoms with Crippen LogP contribution in [0.1, 0.15) is 53.9 Å². The summed E-state index contributed by atoms with van der Waals surface area (Å²) < 4.78 is 11.8. The van der Waals surface area contributed by atoms with Crippen LogP contribution in [-0.2, 0) is 9.47 Å². The molecule has 1 rings (SSSR count). The maximum atomic E-state index is 5.89. The standard InChI is InChI=1S/C13H26O2/c1-6-14-13(15-7-2)9-11(3)8-12(4,5)10-13/h11H,6-10H2,1-5H3. The molecule has 1 aliphatic rings. The molecule has 0 N–H and O–H groups in total. The molecule has 2 nitrogen and oxygen atoms in total. The summed E-state index contributed by atoms with van der Waals surface area (Å²) in [7, 11) is 0. The fourth-order valence-electron chi connectivity index (χ4n) is 3.21. The molecule has 0 aliphatic heterocycles. The average molecular weight is 214 g/mol. The molecule has 2 heteroatoms. The Morgan fingerprint density at radius 3 is 2.00 bits per heavy atom. The van der Waals surface area contributed by atoms with Crippen LogP contribution in [0.4, 0.5) is 0 Å². The first kappa shape index (κ1) is 13.0. The zero-order valence-corrected chi connectivity index (χ0v) is 10.9. The maximum Gasteiger partial charge on any atom is 0.169 e. The van der Waals surface area contributed by atoms with E-state index >= 15 is 0 Å². The molecule has 0 saturated heterocycles. The van der Waals surface area contributed by atoms with E-state index in [9.17, 15) is 0 Å². The molecule has 0 amide bonds. The van der Waals surface area contributed by atoms with Crippen molar-refractivity contribution >= 4 is 0 Å². The molecule has 1 unspecified atom stereocenters. The monoisotopic (exact) mass is 214 g/mol. The Bertz CT molecular complexity index is 193. The van der Waals surface area contributed by atoms with Crippen LogP contribution >= 0.6 is 0 Å². The van der Waals surface area contributed by atoms with Crippen molar-refractivity contribution in [3.63, 3.8) is 0 Å². The van der Waals surface area contributed by atoms with Crippen molar-refractivity contribution in [2.24, 2.45) is 11.3 Å². The van der Waals surface area contributed by atoms with Crippen LogP contribution < -0.4 is 0 Å². The Labute approximate surface area is 94.3 Å².